The van der Waals surface area contributed by atoms with Gasteiger partial charge in [-0.05, 0) is 49.4 Å². The lowest BCUT2D eigenvalue weighted by Crippen LogP contribution is -2.06. The zero-order chi connectivity index (χ0) is 16.2. The lowest BCUT2D eigenvalue weighted by Gasteiger charge is -2.07. The van der Waals surface area contributed by atoms with E-state index in [-0.39, 0.29) is 5.82 Å². The second kappa shape index (κ2) is 6.79. The van der Waals surface area contributed by atoms with Crippen LogP contribution in [0.25, 0.3) is 16.9 Å². The van der Waals surface area contributed by atoms with Crippen molar-refractivity contribution >= 4 is 5.65 Å². The highest BCUT2D eigenvalue weighted by Gasteiger charge is 2.14. The Morgan fingerprint density at radius 1 is 1.17 bits per heavy atom. The number of rotatable bonds is 6. The molecule has 23 heavy (non-hydrogen) atoms. The van der Waals surface area contributed by atoms with Crippen LogP contribution in [0.5, 0.6) is 5.75 Å². The third kappa shape index (κ3) is 3.19. The smallest absolute Gasteiger partial charge is 0.139 e. The number of ether oxygens (including phenoxy) is 1. The van der Waals surface area contributed by atoms with E-state index >= 15 is 0 Å². The number of benzene rings is 1. The van der Waals surface area contributed by atoms with E-state index in [1.165, 1.54) is 12.3 Å². The van der Waals surface area contributed by atoms with Crippen LogP contribution in [0.2, 0.25) is 0 Å². The van der Waals surface area contributed by atoms with E-state index in [9.17, 15) is 4.39 Å². The van der Waals surface area contributed by atoms with Gasteiger partial charge in [-0.2, -0.15) is 0 Å². The van der Waals surface area contributed by atoms with Gasteiger partial charge in [0.15, 0.2) is 0 Å². The molecule has 0 spiro atoms. The molecule has 0 bridgehead atoms. The number of imidazole rings is 1. The largest absolute Gasteiger partial charge is 0.494 e. The van der Waals surface area contributed by atoms with Crippen LogP contribution in [0.15, 0.2) is 42.6 Å². The second-order valence-electron chi connectivity index (χ2n) is 5.39. The predicted octanol–water partition coefficient (Wildman–Crippen LogP) is 3.43. The molecule has 2 N–H and O–H groups in total. The molecule has 0 unspecified atom stereocenters. The lowest BCUT2D eigenvalue weighted by molar-refractivity contribution is 0.317. The van der Waals surface area contributed by atoms with E-state index in [0.29, 0.717) is 19.6 Å². The summed E-state index contributed by atoms with van der Waals surface area (Å²) >= 11 is 0. The van der Waals surface area contributed by atoms with Gasteiger partial charge in [0.1, 0.15) is 17.2 Å². The van der Waals surface area contributed by atoms with Crippen molar-refractivity contribution in [2.24, 2.45) is 5.73 Å². The van der Waals surface area contributed by atoms with Gasteiger partial charge >= 0.3 is 0 Å². The summed E-state index contributed by atoms with van der Waals surface area (Å²) in [6.07, 6.45) is 3.06. The Morgan fingerprint density at radius 3 is 2.65 bits per heavy atom. The van der Waals surface area contributed by atoms with Crippen LogP contribution in [0.3, 0.4) is 0 Å². The molecule has 0 aliphatic heterocycles. The first-order valence-corrected chi connectivity index (χ1v) is 7.82. The van der Waals surface area contributed by atoms with Crippen LogP contribution < -0.4 is 10.5 Å². The van der Waals surface area contributed by atoms with E-state index in [0.717, 1.165) is 34.8 Å². The fraction of sp³-hybridized carbons (Fsp3) is 0.278. The fourth-order valence-electron chi connectivity index (χ4n) is 2.60. The van der Waals surface area contributed by atoms with Crippen molar-refractivity contribution in [3.63, 3.8) is 0 Å². The molecule has 1 aromatic carbocycles. The molecule has 3 aromatic rings. The molecule has 0 aliphatic rings. The normalized spacial score (nSPS) is 11.1. The summed E-state index contributed by atoms with van der Waals surface area (Å²) in [7, 11) is 0. The molecule has 120 valence electrons. The summed E-state index contributed by atoms with van der Waals surface area (Å²) in [4.78, 5) is 4.63. The van der Waals surface area contributed by atoms with Crippen molar-refractivity contribution in [2.75, 3.05) is 13.2 Å². The molecule has 5 heteroatoms. The van der Waals surface area contributed by atoms with Crippen molar-refractivity contribution in [1.82, 2.24) is 9.38 Å². The van der Waals surface area contributed by atoms with Crippen LogP contribution in [0.4, 0.5) is 4.39 Å². The third-order valence-corrected chi connectivity index (χ3v) is 3.66. The molecule has 0 radical (unpaired) electrons. The number of nitrogens with two attached hydrogens (primary N) is 1. The van der Waals surface area contributed by atoms with Crippen molar-refractivity contribution in [2.45, 2.75) is 19.8 Å². The quantitative estimate of drug-likeness (QED) is 0.758. The number of fused-ring (bicyclic) bond motifs is 1. The van der Waals surface area contributed by atoms with Gasteiger partial charge in [0, 0.05) is 18.2 Å². The number of nitrogens with zero attached hydrogens (tertiary/aromatic N) is 2. The summed E-state index contributed by atoms with van der Waals surface area (Å²) in [6.45, 7) is 3.25. The van der Waals surface area contributed by atoms with E-state index in [4.69, 9.17) is 10.5 Å². The summed E-state index contributed by atoms with van der Waals surface area (Å²) in [6, 6.07) is 10.9. The summed E-state index contributed by atoms with van der Waals surface area (Å²) in [5.74, 6) is 0.550. The molecule has 4 nitrogen and oxygen atoms in total. The molecule has 0 aliphatic carbocycles. The van der Waals surface area contributed by atoms with E-state index in [1.54, 1.807) is 10.5 Å². The van der Waals surface area contributed by atoms with Crippen molar-refractivity contribution in [3.05, 3.63) is 54.1 Å². The van der Waals surface area contributed by atoms with E-state index in [2.05, 4.69) is 11.9 Å². The highest BCUT2D eigenvalue weighted by atomic mass is 19.1. The first kappa shape index (κ1) is 15.5. The highest BCUT2D eigenvalue weighted by molar-refractivity contribution is 5.67. The monoisotopic (exact) mass is 313 g/mol. The first-order valence-electron chi connectivity index (χ1n) is 7.82. The maximum atomic E-state index is 13.5. The van der Waals surface area contributed by atoms with Crippen LogP contribution in [-0.2, 0) is 6.42 Å². The molecule has 2 heterocycles. The molecule has 2 aromatic heterocycles. The van der Waals surface area contributed by atoms with Gasteiger partial charge in [-0.15, -0.1) is 0 Å². The number of hydrogen-bond acceptors (Lipinski definition) is 3. The Balaban J connectivity index is 2.02. The molecular weight excluding hydrogens is 293 g/mol. The molecule has 0 fully saturated rings. The number of aromatic nitrogens is 2. The van der Waals surface area contributed by atoms with Gasteiger partial charge in [0.2, 0.25) is 0 Å². The van der Waals surface area contributed by atoms with E-state index < -0.39 is 0 Å². The summed E-state index contributed by atoms with van der Waals surface area (Å²) < 4.78 is 20.9. The Labute approximate surface area is 134 Å². The van der Waals surface area contributed by atoms with Gasteiger partial charge in [-0.1, -0.05) is 6.92 Å². The standard InChI is InChI=1S/C18H20FN3O/c1-2-11-23-15-6-3-13(4-7-15)18-16(9-10-20)22-12-14(19)5-8-17(22)21-18/h3-8,12H,2,9-11,20H2,1H3. The van der Waals surface area contributed by atoms with Gasteiger partial charge in [-0.3, -0.25) is 0 Å². The molecule has 0 saturated heterocycles. The molecule has 3 rings (SSSR count). The van der Waals surface area contributed by atoms with Crippen LogP contribution in [0.1, 0.15) is 19.0 Å². The third-order valence-electron chi connectivity index (χ3n) is 3.66. The minimum absolute atomic E-state index is 0.289. The van der Waals surface area contributed by atoms with Gasteiger partial charge in [0.25, 0.3) is 0 Å². The van der Waals surface area contributed by atoms with E-state index in [1.807, 2.05) is 24.3 Å². The Hall–Kier alpha value is -2.40. The van der Waals surface area contributed by atoms with Crippen molar-refractivity contribution < 1.29 is 9.13 Å². The molecule has 0 atom stereocenters. The summed E-state index contributed by atoms with van der Waals surface area (Å²) in [5.41, 5.74) is 9.17. The average Bonchev–Trinajstić information content (AvgIpc) is 2.92. The maximum Gasteiger partial charge on any atom is 0.139 e. The Morgan fingerprint density at radius 2 is 1.96 bits per heavy atom. The van der Waals surface area contributed by atoms with Crippen LogP contribution in [-0.4, -0.2) is 22.5 Å². The zero-order valence-electron chi connectivity index (χ0n) is 13.1. The number of hydrogen-bond donors (Lipinski definition) is 1. The Kier molecular flexibility index (Phi) is 4.57. The average molecular weight is 313 g/mol. The van der Waals surface area contributed by atoms with Gasteiger partial charge < -0.3 is 14.9 Å². The van der Waals surface area contributed by atoms with Gasteiger partial charge in [-0.25, -0.2) is 9.37 Å². The predicted molar refractivity (Wildman–Crippen MR) is 89.1 cm³/mol. The van der Waals surface area contributed by atoms with Gasteiger partial charge in [0.05, 0.1) is 18.0 Å². The second-order valence-corrected chi connectivity index (χ2v) is 5.39. The van der Waals surface area contributed by atoms with Crippen LogP contribution >= 0.6 is 0 Å². The summed E-state index contributed by atoms with van der Waals surface area (Å²) in [5, 5.41) is 0. The maximum absolute atomic E-state index is 13.5. The minimum atomic E-state index is -0.289. The first-order chi connectivity index (χ1) is 11.2. The number of pyridine rings is 1. The SMILES string of the molecule is CCCOc1ccc(-c2nc3ccc(F)cn3c2CCN)cc1. The number of halogens is 1. The van der Waals surface area contributed by atoms with Crippen LogP contribution in [0, 0.1) is 5.82 Å². The molecule has 0 amide bonds. The topological polar surface area (TPSA) is 52.5 Å². The molecular formula is C18H20FN3O. The zero-order valence-corrected chi connectivity index (χ0v) is 13.1. The fourth-order valence-corrected chi connectivity index (χ4v) is 2.60. The van der Waals surface area contributed by atoms with Crippen molar-refractivity contribution in [1.29, 1.82) is 0 Å². The lowest BCUT2D eigenvalue weighted by atomic mass is 10.1. The Bertz CT molecular complexity index is 796. The minimum Gasteiger partial charge on any atom is -0.494 e. The van der Waals surface area contributed by atoms with Crippen molar-refractivity contribution in [3.8, 4) is 17.0 Å². The highest BCUT2D eigenvalue weighted by Crippen LogP contribution is 2.27. The molecule has 0 saturated carbocycles.